The number of likely N-dealkylation sites (tertiary alicyclic amines) is 1. The Morgan fingerprint density at radius 1 is 1.14 bits per heavy atom. The van der Waals surface area contributed by atoms with Crippen LogP contribution in [0.4, 0.5) is 0 Å². The van der Waals surface area contributed by atoms with Gasteiger partial charge in [-0.3, -0.25) is 4.79 Å². The summed E-state index contributed by atoms with van der Waals surface area (Å²) < 4.78 is 5.41. The number of carbonyl (C=O) groups is 2. The zero-order valence-corrected chi connectivity index (χ0v) is 17.1. The van der Waals surface area contributed by atoms with Gasteiger partial charge in [0.1, 0.15) is 11.6 Å². The Labute approximate surface area is 174 Å². The molecule has 0 aliphatic carbocycles. The lowest BCUT2D eigenvalue weighted by atomic mass is 10.1. The highest BCUT2D eigenvalue weighted by atomic mass is 32.1. The summed E-state index contributed by atoms with van der Waals surface area (Å²) in [5, 5.41) is 2.83. The number of aryl methyl sites for hydroxylation is 1. The Morgan fingerprint density at radius 3 is 2.59 bits per heavy atom. The van der Waals surface area contributed by atoms with Crippen LogP contribution in [-0.2, 0) is 22.7 Å². The number of rotatable bonds is 6. The van der Waals surface area contributed by atoms with E-state index in [-0.39, 0.29) is 18.5 Å². The van der Waals surface area contributed by atoms with Crippen molar-refractivity contribution in [3.05, 3.63) is 76.3 Å². The largest absolute Gasteiger partial charge is 0.456 e. The molecule has 148 valence electrons. The van der Waals surface area contributed by atoms with Crippen LogP contribution >= 0.6 is 11.3 Å². The Morgan fingerprint density at radius 2 is 1.90 bits per heavy atom. The Bertz CT molecular complexity index is 1010. The van der Waals surface area contributed by atoms with Crippen molar-refractivity contribution in [2.45, 2.75) is 32.9 Å². The summed E-state index contributed by atoms with van der Waals surface area (Å²) in [7, 11) is 0. The van der Waals surface area contributed by atoms with Gasteiger partial charge in [0.2, 0.25) is 5.91 Å². The molecule has 4 rings (SSSR count). The molecule has 1 amide bonds. The van der Waals surface area contributed by atoms with Crippen LogP contribution in [0.2, 0.25) is 0 Å². The van der Waals surface area contributed by atoms with E-state index in [9.17, 15) is 9.59 Å². The van der Waals surface area contributed by atoms with E-state index < -0.39 is 0 Å². The molecule has 5 nitrogen and oxygen atoms in total. The molecular formula is C23H22N2O3S. The van der Waals surface area contributed by atoms with Crippen LogP contribution < -0.4 is 0 Å². The first kappa shape index (κ1) is 19.3. The van der Waals surface area contributed by atoms with Crippen LogP contribution in [0, 0.1) is 6.92 Å². The second-order valence-electron chi connectivity index (χ2n) is 7.20. The van der Waals surface area contributed by atoms with Crippen LogP contribution in [0.15, 0.2) is 53.9 Å². The van der Waals surface area contributed by atoms with Crippen molar-refractivity contribution in [1.29, 1.82) is 0 Å². The molecule has 29 heavy (non-hydrogen) atoms. The van der Waals surface area contributed by atoms with Crippen LogP contribution in [0.5, 0.6) is 0 Å². The molecule has 0 bridgehead atoms. The number of nitrogens with zero attached hydrogens (tertiary/aromatic N) is 2. The van der Waals surface area contributed by atoms with Crippen LogP contribution in [-0.4, -0.2) is 28.3 Å². The minimum Gasteiger partial charge on any atom is -0.456 e. The number of hydrogen-bond donors (Lipinski definition) is 0. The highest BCUT2D eigenvalue weighted by Gasteiger charge is 2.20. The van der Waals surface area contributed by atoms with Gasteiger partial charge in [-0.25, -0.2) is 9.78 Å². The van der Waals surface area contributed by atoms with Crippen molar-refractivity contribution in [2.24, 2.45) is 0 Å². The SMILES string of the molecule is Cc1ccc(-c2nc(COC(=O)c3ccc(CN4CCCC4=O)cc3)cs2)cc1. The molecule has 1 saturated heterocycles. The van der Waals surface area contributed by atoms with E-state index in [1.165, 1.54) is 16.9 Å². The molecule has 3 aromatic rings. The first-order valence-corrected chi connectivity index (χ1v) is 10.5. The Balaban J connectivity index is 1.32. The van der Waals surface area contributed by atoms with Crippen LogP contribution in [0.3, 0.4) is 0 Å². The maximum absolute atomic E-state index is 12.3. The lowest BCUT2D eigenvalue weighted by Gasteiger charge is -2.15. The molecule has 2 heterocycles. The summed E-state index contributed by atoms with van der Waals surface area (Å²) in [6, 6.07) is 15.4. The molecule has 2 aromatic carbocycles. The molecule has 0 unspecified atom stereocenters. The van der Waals surface area contributed by atoms with Crippen molar-refractivity contribution >= 4 is 23.2 Å². The fourth-order valence-corrected chi connectivity index (χ4v) is 4.07. The van der Waals surface area contributed by atoms with Gasteiger partial charge in [0, 0.05) is 30.5 Å². The number of thiazole rings is 1. The van der Waals surface area contributed by atoms with E-state index in [4.69, 9.17) is 4.74 Å². The lowest BCUT2D eigenvalue weighted by molar-refractivity contribution is -0.128. The standard InChI is InChI=1S/C23H22N2O3S/c1-16-4-8-18(9-5-16)22-24-20(15-29-22)14-28-23(27)19-10-6-17(7-11-19)13-25-12-2-3-21(25)26/h4-11,15H,2-3,12-14H2,1H3. The summed E-state index contributed by atoms with van der Waals surface area (Å²) in [6.45, 7) is 3.59. The summed E-state index contributed by atoms with van der Waals surface area (Å²) in [5.74, 6) is -0.180. The van der Waals surface area contributed by atoms with Gasteiger partial charge in [-0.2, -0.15) is 0 Å². The zero-order chi connectivity index (χ0) is 20.2. The first-order valence-electron chi connectivity index (χ1n) is 9.64. The average molecular weight is 407 g/mol. The molecule has 1 fully saturated rings. The third-order valence-electron chi connectivity index (χ3n) is 4.94. The molecule has 0 radical (unpaired) electrons. The highest BCUT2D eigenvalue weighted by molar-refractivity contribution is 7.13. The molecule has 0 N–H and O–H groups in total. The predicted molar refractivity (Wildman–Crippen MR) is 112 cm³/mol. The maximum atomic E-state index is 12.3. The van der Waals surface area contributed by atoms with E-state index in [1.54, 1.807) is 12.1 Å². The summed E-state index contributed by atoms with van der Waals surface area (Å²) in [4.78, 5) is 30.5. The van der Waals surface area contributed by atoms with E-state index in [2.05, 4.69) is 24.0 Å². The van der Waals surface area contributed by atoms with E-state index >= 15 is 0 Å². The van der Waals surface area contributed by atoms with Crippen molar-refractivity contribution in [1.82, 2.24) is 9.88 Å². The molecule has 6 heteroatoms. The Hall–Kier alpha value is -2.99. The van der Waals surface area contributed by atoms with Gasteiger partial charge in [-0.15, -0.1) is 11.3 Å². The molecule has 0 saturated carbocycles. The fraction of sp³-hybridized carbons (Fsp3) is 0.261. The summed E-state index contributed by atoms with van der Waals surface area (Å²) in [6.07, 6.45) is 1.55. The normalized spacial score (nSPS) is 13.7. The fourth-order valence-electron chi connectivity index (χ4n) is 3.26. The number of carbonyl (C=O) groups excluding carboxylic acids is 2. The Kier molecular flexibility index (Phi) is 5.71. The molecule has 1 aromatic heterocycles. The van der Waals surface area contributed by atoms with Crippen molar-refractivity contribution in [3.63, 3.8) is 0 Å². The van der Waals surface area contributed by atoms with Crippen LogP contribution in [0.1, 0.15) is 40.0 Å². The quantitative estimate of drug-likeness (QED) is 0.562. The average Bonchev–Trinajstić information content (AvgIpc) is 3.37. The number of hydrogen-bond acceptors (Lipinski definition) is 5. The van der Waals surface area contributed by atoms with Gasteiger partial charge < -0.3 is 9.64 Å². The summed E-state index contributed by atoms with van der Waals surface area (Å²) >= 11 is 1.54. The second kappa shape index (κ2) is 8.57. The molecule has 0 atom stereocenters. The predicted octanol–water partition coefficient (Wildman–Crippen LogP) is 4.60. The third-order valence-corrected chi connectivity index (χ3v) is 5.88. The minimum atomic E-state index is -0.376. The van der Waals surface area contributed by atoms with Gasteiger partial charge in [0.25, 0.3) is 0 Å². The number of ether oxygens (including phenoxy) is 1. The molecule has 1 aliphatic rings. The second-order valence-corrected chi connectivity index (χ2v) is 8.06. The zero-order valence-electron chi connectivity index (χ0n) is 16.3. The van der Waals surface area contributed by atoms with Crippen molar-refractivity contribution < 1.29 is 14.3 Å². The molecule has 0 spiro atoms. The smallest absolute Gasteiger partial charge is 0.338 e. The topological polar surface area (TPSA) is 59.5 Å². The number of amides is 1. The third kappa shape index (κ3) is 4.71. The van der Waals surface area contributed by atoms with Crippen LogP contribution in [0.25, 0.3) is 10.6 Å². The van der Waals surface area contributed by atoms with Gasteiger partial charge >= 0.3 is 5.97 Å². The minimum absolute atomic E-state index is 0.144. The van der Waals surface area contributed by atoms with Crippen molar-refractivity contribution in [2.75, 3.05) is 6.54 Å². The number of esters is 1. The van der Waals surface area contributed by atoms with Gasteiger partial charge in [0.05, 0.1) is 11.3 Å². The lowest BCUT2D eigenvalue weighted by Crippen LogP contribution is -2.23. The van der Waals surface area contributed by atoms with E-state index in [1.807, 2.05) is 34.5 Å². The molecule has 1 aliphatic heterocycles. The first-order chi connectivity index (χ1) is 14.1. The number of benzene rings is 2. The molecular weight excluding hydrogens is 384 g/mol. The van der Waals surface area contributed by atoms with Crippen molar-refractivity contribution in [3.8, 4) is 10.6 Å². The van der Waals surface area contributed by atoms with Gasteiger partial charge in [-0.05, 0) is 31.0 Å². The summed E-state index contributed by atoms with van der Waals surface area (Å²) in [5.41, 5.74) is 4.51. The number of aromatic nitrogens is 1. The van der Waals surface area contributed by atoms with E-state index in [0.29, 0.717) is 18.5 Å². The van der Waals surface area contributed by atoms with Gasteiger partial charge in [0.15, 0.2) is 0 Å². The highest BCUT2D eigenvalue weighted by Crippen LogP contribution is 2.24. The monoisotopic (exact) mass is 406 g/mol. The van der Waals surface area contributed by atoms with E-state index in [0.717, 1.165) is 34.8 Å². The van der Waals surface area contributed by atoms with Gasteiger partial charge in [-0.1, -0.05) is 42.0 Å². The maximum Gasteiger partial charge on any atom is 0.338 e.